The summed E-state index contributed by atoms with van der Waals surface area (Å²) in [7, 11) is 5.10. The van der Waals surface area contributed by atoms with Crippen molar-refractivity contribution in [3.63, 3.8) is 0 Å². The molecule has 6 nitrogen and oxygen atoms in total. The van der Waals surface area contributed by atoms with Crippen molar-refractivity contribution in [2.75, 3.05) is 27.7 Å². The molecule has 0 saturated carbocycles. The van der Waals surface area contributed by atoms with Gasteiger partial charge in [0.1, 0.15) is 5.75 Å². The Morgan fingerprint density at radius 1 is 1.40 bits per heavy atom. The standard InChI is InChI=1S/C17H27BrN4O2.HI/c1-6-12(2)21-17(20-11-16(23)22(3)4)19-10-13-9-14(18)7-8-15(13)24-5;/h7-9,12H,6,10-11H2,1-5H3,(H2,19,20,21);1H. The fraction of sp³-hybridized carbons (Fsp3) is 0.529. The molecule has 0 heterocycles. The lowest BCUT2D eigenvalue weighted by Gasteiger charge is -2.18. The van der Waals surface area contributed by atoms with Crippen LogP contribution in [0.3, 0.4) is 0 Å². The molecule has 1 rings (SSSR count). The summed E-state index contributed by atoms with van der Waals surface area (Å²) in [6.07, 6.45) is 0.961. The fourth-order valence-electron chi connectivity index (χ4n) is 1.84. The van der Waals surface area contributed by atoms with Gasteiger partial charge in [-0.25, -0.2) is 4.99 Å². The summed E-state index contributed by atoms with van der Waals surface area (Å²) in [6, 6.07) is 6.07. The average Bonchev–Trinajstić information content (AvgIpc) is 2.56. The van der Waals surface area contributed by atoms with Gasteiger partial charge in [-0.15, -0.1) is 24.0 Å². The van der Waals surface area contributed by atoms with Crippen LogP contribution in [0, 0.1) is 0 Å². The third kappa shape index (κ3) is 8.75. The maximum atomic E-state index is 11.8. The Labute approximate surface area is 175 Å². The summed E-state index contributed by atoms with van der Waals surface area (Å²) in [5.41, 5.74) is 0.969. The van der Waals surface area contributed by atoms with E-state index in [1.54, 1.807) is 26.1 Å². The highest BCUT2D eigenvalue weighted by molar-refractivity contribution is 14.0. The predicted octanol–water partition coefficient (Wildman–Crippen LogP) is 3.00. The van der Waals surface area contributed by atoms with E-state index in [0.29, 0.717) is 12.5 Å². The van der Waals surface area contributed by atoms with Gasteiger partial charge < -0.3 is 20.3 Å². The van der Waals surface area contributed by atoms with E-state index in [-0.39, 0.29) is 42.5 Å². The first-order valence-corrected chi connectivity index (χ1v) is 8.74. The molecule has 8 heteroatoms. The van der Waals surface area contributed by atoms with Crippen LogP contribution in [0.5, 0.6) is 5.75 Å². The molecule has 1 atom stereocenters. The van der Waals surface area contributed by atoms with E-state index in [4.69, 9.17) is 4.74 Å². The Kier molecular flexibility index (Phi) is 11.8. The van der Waals surface area contributed by atoms with Crippen LogP contribution in [-0.4, -0.2) is 50.6 Å². The van der Waals surface area contributed by atoms with Gasteiger partial charge in [-0.2, -0.15) is 0 Å². The molecular formula is C17H28BrIN4O2. The number of ether oxygens (including phenoxy) is 1. The zero-order valence-electron chi connectivity index (χ0n) is 15.4. The summed E-state index contributed by atoms with van der Waals surface area (Å²) in [6.45, 7) is 4.82. The van der Waals surface area contributed by atoms with Crippen LogP contribution in [0.4, 0.5) is 0 Å². The normalized spacial score (nSPS) is 12.0. The molecule has 0 aromatic heterocycles. The van der Waals surface area contributed by atoms with Crippen LogP contribution < -0.4 is 15.4 Å². The number of hydrogen-bond acceptors (Lipinski definition) is 3. The molecule has 1 aromatic rings. The molecule has 0 aliphatic heterocycles. The highest BCUT2D eigenvalue weighted by Crippen LogP contribution is 2.23. The largest absolute Gasteiger partial charge is 0.496 e. The highest BCUT2D eigenvalue weighted by Gasteiger charge is 2.09. The second kappa shape index (κ2) is 12.3. The van der Waals surface area contributed by atoms with Crippen LogP contribution in [-0.2, 0) is 11.3 Å². The van der Waals surface area contributed by atoms with Crippen LogP contribution in [0.15, 0.2) is 27.7 Å². The van der Waals surface area contributed by atoms with Gasteiger partial charge in [-0.05, 0) is 31.5 Å². The Hall–Kier alpha value is -1.03. The van der Waals surface area contributed by atoms with Gasteiger partial charge in [0, 0.05) is 30.2 Å². The van der Waals surface area contributed by atoms with E-state index in [1.165, 1.54) is 0 Å². The molecule has 25 heavy (non-hydrogen) atoms. The van der Waals surface area contributed by atoms with Crippen molar-refractivity contribution < 1.29 is 9.53 Å². The summed E-state index contributed by atoms with van der Waals surface area (Å²) in [4.78, 5) is 17.9. The number of guanidine groups is 1. The summed E-state index contributed by atoms with van der Waals surface area (Å²) >= 11 is 3.46. The fourth-order valence-corrected chi connectivity index (χ4v) is 2.25. The van der Waals surface area contributed by atoms with E-state index in [2.05, 4.69) is 45.4 Å². The summed E-state index contributed by atoms with van der Waals surface area (Å²) in [5.74, 6) is 1.39. The zero-order valence-corrected chi connectivity index (χ0v) is 19.3. The molecule has 0 radical (unpaired) electrons. The number of carbonyl (C=O) groups is 1. The van der Waals surface area contributed by atoms with Crippen molar-refractivity contribution in [2.45, 2.75) is 32.9 Å². The number of nitrogens with one attached hydrogen (secondary N) is 2. The summed E-state index contributed by atoms with van der Waals surface area (Å²) < 4.78 is 6.35. The minimum atomic E-state index is -0.00584. The molecule has 0 saturated heterocycles. The average molecular weight is 527 g/mol. The first-order valence-electron chi connectivity index (χ1n) is 7.94. The van der Waals surface area contributed by atoms with E-state index in [0.717, 1.165) is 22.2 Å². The monoisotopic (exact) mass is 526 g/mol. The Morgan fingerprint density at radius 3 is 2.64 bits per heavy atom. The molecule has 1 unspecified atom stereocenters. The van der Waals surface area contributed by atoms with E-state index >= 15 is 0 Å². The van der Waals surface area contributed by atoms with Crippen LogP contribution >= 0.6 is 39.9 Å². The van der Waals surface area contributed by atoms with Gasteiger partial charge >= 0.3 is 0 Å². The number of nitrogens with zero attached hydrogens (tertiary/aromatic N) is 2. The highest BCUT2D eigenvalue weighted by atomic mass is 127. The van der Waals surface area contributed by atoms with Crippen molar-refractivity contribution >= 4 is 51.8 Å². The van der Waals surface area contributed by atoms with Crippen LogP contribution in [0.25, 0.3) is 0 Å². The van der Waals surface area contributed by atoms with Crippen LogP contribution in [0.1, 0.15) is 25.8 Å². The quantitative estimate of drug-likeness (QED) is 0.325. The first kappa shape index (κ1) is 24.0. The van der Waals surface area contributed by atoms with Crippen LogP contribution in [0.2, 0.25) is 0 Å². The Morgan fingerprint density at radius 2 is 2.08 bits per heavy atom. The number of hydrogen-bond donors (Lipinski definition) is 2. The molecule has 0 aliphatic carbocycles. The summed E-state index contributed by atoms with van der Waals surface area (Å²) in [5, 5.41) is 6.38. The van der Waals surface area contributed by atoms with Crippen molar-refractivity contribution in [2.24, 2.45) is 4.99 Å². The molecule has 1 amide bonds. The smallest absolute Gasteiger partial charge is 0.241 e. The maximum absolute atomic E-state index is 11.8. The lowest BCUT2D eigenvalue weighted by atomic mass is 10.2. The Bertz CT molecular complexity index is 582. The van der Waals surface area contributed by atoms with Gasteiger partial charge in [-0.1, -0.05) is 22.9 Å². The van der Waals surface area contributed by atoms with Crippen molar-refractivity contribution in [3.8, 4) is 5.75 Å². The number of amides is 1. The number of rotatable bonds is 7. The maximum Gasteiger partial charge on any atom is 0.241 e. The number of carbonyl (C=O) groups excluding carboxylic acids is 1. The number of methoxy groups -OCH3 is 1. The first-order chi connectivity index (χ1) is 11.4. The zero-order chi connectivity index (χ0) is 18.1. The second-order valence-electron chi connectivity index (χ2n) is 5.72. The molecule has 1 aromatic carbocycles. The molecular weight excluding hydrogens is 499 g/mol. The number of likely N-dealkylation sites (N-methyl/N-ethyl adjacent to an activating group) is 1. The lowest BCUT2D eigenvalue weighted by molar-refractivity contribution is -0.127. The number of halogens is 2. The van der Waals surface area contributed by atoms with Gasteiger partial charge in [0.2, 0.25) is 5.91 Å². The molecule has 0 aliphatic rings. The molecule has 2 N–H and O–H groups in total. The predicted molar refractivity (Wildman–Crippen MR) is 117 cm³/mol. The molecule has 0 fully saturated rings. The van der Waals surface area contributed by atoms with Crippen molar-refractivity contribution in [1.82, 2.24) is 15.5 Å². The number of benzene rings is 1. The Balaban J connectivity index is 0.00000576. The molecule has 0 spiro atoms. The number of aliphatic imine (C=N–C) groups is 1. The van der Waals surface area contributed by atoms with Gasteiger partial charge in [0.15, 0.2) is 5.96 Å². The van der Waals surface area contributed by atoms with Crippen molar-refractivity contribution in [3.05, 3.63) is 28.2 Å². The van der Waals surface area contributed by atoms with Gasteiger partial charge in [-0.3, -0.25) is 4.79 Å². The molecule has 0 bridgehead atoms. The van der Waals surface area contributed by atoms with Crippen molar-refractivity contribution in [1.29, 1.82) is 0 Å². The minimum Gasteiger partial charge on any atom is -0.496 e. The van der Waals surface area contributed by atoms with E-state index in [1.807, 2.05) is 18.2 Å². The van der Waals surface area contributed by atoms with E-state index in [9.17, 15) is 4.79 Å². The second-order valence-corrected chi connectivity index (χ2v) is 6.63. The third-order valence-electron chi connectivity index (χ3n) is 3.55. The topological polar surface area (TPSA) is 66.0 Å². The minimum absolute atomic E-state index is 0. The van der Waals surface area contributed by atoms with Gasteiger partial charge in [0.05, 0.1) is 20.2 Å². The molecule has 142 valence electrons. The lowest BCUT2D eigenvalue weighted by Crippen LogP contribution is -2.45. The third-order valence-corrected chi connectivity index (χ3v) is 4.04. The van der Waals surface area contributed by atoms with Gasteiger partial charge in [0.25, 0.3) is 0 Å². The van der Waals surface area contributed by atoms with E-state index < -0.39 is 0 Å². The SMILES string of the molecule is CCC(C)NC(=NCc1cc(Br)ccc1OC)NCC(=O)N(C)C.I.